The summed E-state index contributed by atoms with van der Waals surface area (Å²) >= 11 is 0. The minimum atomic E-state index is -1.15. The van der Waals surface area contributed by atoms with E-state index in [0.29, 0.717) is 24.0 Å². The van der Waals surface area contributed by atoms with Gasteiger partial charge in [0, 0.05) is 0 Å². The molecule has 0 radical (unpaired) electrons. The maximum atomic E-state index is 12.9. The predicted octanol–water partition coefficient (Wildman–Crippen LogP) is 13.3. The van der Waals surface area contributed by atoms with Crippen molar-refractivity contribution in [2.45, 2.75) is 158 Å². The van der Waals surface area contributed by atoms with E-state index in [9.17, 15) is 19.8 Å². The van der Waals surface area contributed by atoms with Gasteiger partial charge in [-0.2, -0.15) is 0 Å². The molecule has 0 atom stereocenters. The third-order valence-corrected chi connectivity index (χ3v) is 11.3. The van der Waals surface area contributed by atoms with Crippen molar-refractivity contribution in [3.63, 3.8) is 0 Å². The van der Waals surface area contributed by atoms with Gasteiger partial charge in [0.25, 0.3) is 0 Å². The molecule has 0 aliphatic heterocycles. The normalized spacial score (nSPS) is 11.8. The number of fused-ring (bicyclic) bond motifs is 4. The smallest absolute Gasteiger partial charge is 0.336 e. The van der Waals surface area contributed by atoms with Gasteiger partial charge in [-0.05, 0) is 163 Å². The number of aryl methyl sites for hydroxylation is 6. The first-order valence-corrected chi connectivity index (χ1v) is 20.7. The zero-order chi connectivity index (χ0) is 37.7. The third kappa shape index (κ3) is 6.95. The van der Waals surface area contributed by atoms with Crippen molar-refractivity contribution >= 4 is 55.0 Å². The number of hydrogen-bond acceptors (Lipinski definition) is 2. The molecule has 0 saturated carbocycles. The van der Waals surface area contributed by atoms with Crippen LogP contribution in [0.4, 0.5) is 0 Å². The number of carbonyl (C=O) groups is 2. The molecular weight excluding hydrogens is 641 g/mol. The van der Waals surface area contributed by atoms with E-state index in [0.717, 1.165) is 101 Å². The molecule has 0 aliphatic carbocycles. The molecule has 0 aliphatic rings. The molecule has 278 valence electrons. The van der Waals surface area contributed by atoms with Crippen LogP contribution in [-0.4, -0.2) is 22.2 Å². The van der Waals surface area contributed by atoms with Crippen molar-refractivity contribution in [1.29, 1.82) is 0 Å². The summed E-state index contributed by atoms with van der Waals surface area (Å²) in [4.78, 5) is 25.9. The standard InChI is InChI=1S/C48H62O4/c1-9-17-29-30(18-10-2)32(20-12-4)38-26-40-34(22-14-6)42-28-44-36(24-16-8)46(48(51)52)45(47(49)50)35(23-15-7)43(44)27-41(42)33(21-13-5)39(40)25-37(38)31(29)19-11-3/h25-28H,9-24H2,1-8H3,(H,49,50)(H,51,52). The van der Waals surface area contributed by atoms with E-state index in [-0.39, 0.29) is 11.1 Å². The van der Waals surface area contributed by atoms with E-state index in [4.69, 9.17) is 0 Å². The lowest BCUT2D eigenvalue weighted by Gasteiger charge is -2.25. The van der Waals surface area contributed by atoms with Crippen molar-refractivity contribution in [3.05, 3.63) is 79.9 Å². The van der Waals surface area contributed by atoms with Crippen LogP contribution < -0.4 is 0 Å². The van der Waals surface area contributed by atoms with Crippen LogP contribution in [-0.2, 0) is 51.4 Å². The largest absolute Gasteiger partial charge is 0.478 e. The van der Waals surface area contributed by atoms with E-state index in [2.05, 4.69) is 65.8 Å². The number of carboxylic acid groups (broad SMARTS) is 2. The van der Waals surface area contributed by atoms with Crippen LogP contribution in [0.5, 0.6) is 0 Å². The van der Waals surface area contributed by atoms with Crippen molar-refractivity contribution in [1.82, 2.24) is 0 Å². The van der Waals surface area contributed by atoms with E-state index >= 15 is 0 Å². The second-order valence-corrected chi connectivity index (χ2v) is 15.1. The van der Waals surface area contributed by atoms with Gasteiger partial charge in [-0.25, -0.2) is 9.59 Å². The van der Waals surface area contributed by atoms with E-state index in [1.54, 1.807) is 22.3 Å². The number of aromatic carboxylic acids is 2. The van der Waals surface area contributed by atoms with E-state index in [1.807, 2.05) is 13.8 Å². The molecule has 0 fully saturated rings. The average Bonchev–Trinajstić information content (AvgIpc) is 3.12. The fraction of sp³-hybridized carbons (Fsp3) is 0.500. The van der Waals surface area contributed by atoms with Crippen LogP contribution in [0.15, 0.2) is 24.3 Å². The summed E-state index contributed by atoms with van der Waals surface area (Å²) in [6, 6.07) is 9.65. The predicted molar refractivity (Wildman–Crippen MR) is 222 cm³/mol. The van der Waals surface area contributed by atoms with Gasteiger partial charge in [-0.3, -0.25) is 0 Å². The fourth-order valence-corrected chi connectivity index (χ4v) is 9.45. The summed E-state index contributed by atoms with van der Waals surface area (Å²) in [6.45, 7) is 17.8. The third-order valence-electron chi connectivity index (χ3n) is 11.3. The van der Waals surface area contributed by atoms with Gasteiger partial charge in [-0.1, -0.05) is 107 Å². The minimum absolute atomic E-state index is 0.0266. The highest BCUT2D eigenvalue weighted by atomic mass is 16.4. The number of carboxylic acids is 2. The fourth-order valence-electron chi connectivity index (χ4n) is 9.45. The van der Waals surface area contributed by atoms with Gasteiger partial charge < -0.3 is 10.2 Å². The van der Waals surface area contributed by atoms with Gasteiger partial charge in [-0.15, -0.1) is 0 Å². The van der Waals surface area contributed by atoms with Crippen LogP contribution in [0.2, 0.25) is 0 Å². The highest BCUT2D eigenvalue weighted by Gasteiger charge is 2.29. The van der Waals surface area contributed by atoms with Gasteiger partial charge in [0.05, 0.1) is 11.1 Å². The molecule has 4 heteroatoms. The molecule has 0 heterocycles. The van der Waals surface area contributed by atoms with E-state index in [1.165, 1.54) is 43.4 Å². The molecule has 0 aromatic heterocycles. The van der Waals surface area contributed by atoms with Gasteiger partial charge >= 0.3 is 11.9 Å². The quantitative estimate of drug-likeness (QED) is 0.0891. The van der Waals surface area contributed by atoms with Gasteiger partial charge in [0.2, 0.25) is 0 Å². The molecule has 4 nitrogen and oxygen atoms in total. The Hall–Kier alpha value is -3.92. The maximum absolute atomic E-state index is 12.9. The van der Waals surface area contributed by atoms with Crippen LogP contribution >= 0.6 is 0 Å². The Morgan fingerprint density at radius 3 is 0.769 bits per heavy atom. The molecule has 5 aromatic rings. The molecule has 5 rings (SSSR count). The summed E-state index contributed by atoms with van der Waals surface area (Å²) in [5.41, 5.74) is 10.2. The summed E-state index contributed by atoms with van der Waals surface area (Å²) in [7, 11) is 0. The SMILES string of the molecule is CCCc1c(CCC)c(CCC)c2cc3c(CCC)c4cc5c(CCC)c(C(=O)O)c(C(=O)O)c(CCC)c5cc4c(CCC)c3cc2c1CCC. The number of benzene rings is 5. The van der Waals surface area contributed by atoms with Gasteiger partial charge in [0.1, 0.15) is 0 Å². The maximum Gasteiger partial charge on any atom is 0.336 e. The average molecular weight is 703 g/mol. The molecule has 0 bridgehead atoms. The second-order valence-electron chi connectivity index (χ2n) is 15.1. The van der Waals surface area contributed by atoms with Crippen molar-refractivity contribution < 1.29 is 19.8 Å². The second kappa shape index (κ2) is 17.3. The Labute approximate surface area is 312 Å². The van der Waals surface area contributed by atoms with Crippen LogP contribution in [0, 0.1) is 0 Å². The first-order chi connectivity index (χ1) is 25.2. The topological polar surface area (TPSA) is 74.6 Å². The molecule has 0 unspecified atom stereocenters. The summed E-state index contributed by atoms with van der Waals surface area (Å²) in [6.07, 6.45) is 15.2. The summed E-state index contributed by atoms with van der Waals surface area (Å²) < 4.78 is 0. The lowest BCUT2D eigenvalue weighted by molar-refractivity contribution is 0.0650. The van der Waals surface area contributed by atoms with E-state index < -0.39 is 11.9 Å². The van der Waals surface area contributed by atoms with Crippen LogP contribution in [0.1, 0.15) is 172 Å². The molecule has 0 saturated heterocycles. The molecule has 5 aromatic carbocycles. The lowest BCUT2D eigenvalue weighted by Crippen LogP contribution is -2.16. The molecule has 0 spiro atoms. The summed E-state index contributed by atoms with van der Waals surface area (Å²) in [5, 5.41) is 30.9. The Bertz CT molecular complexity index is 1980. The first-order valence-electron chi connectivity index (χ1n) is 20.7. The van der Waals surface area contributed by atoms with Crippen LogP contribution in [0.25, 0.3) is 43.1 Å². The number of rotatable bonds is 18. The Morgan fingerprint density at radius 1 is 0.327 bits per heavy atom. The van der Waals surface area contributed by atoms with Gasteiger partial charge in [0.15, 0.2) is 0 Å². The van der Waals surface area contributed by atoms with Crippen LogP contribution in [0.3, 0.4) is 0 Å². The van der Waals surface area contributed by atoms with Crippen molar-refractivity contribution in [3.8, 4) is 0 Å². The molecule has 0 amide bonds. The number of hydrogen-bond donors (Lipinski definition) is 2. The first kappa shape index (κ1) is 39.3. The van der Waals surface area contributed by atoms with Crippen molar-refractivity contribution in [2.75, 3.05) is 0 Å². The molecule has 52 heavy (non-hydrogen) atoms. The Kier molecular flexibility index (Phi) is 13.1. The van der Waals surface area contributed by atoms with Crippen molar-refractivity contribution in [2.24, 2.45) is 0 Å². The zero-order valence-electron chi connectivity index (χ0n) is 33.3. The minimum Gasteiger partial charge on any atom is -0.478 e. The summed E-state index contributed by atoms with van der Waals surface area (Å²) in [5.74, 6) is -2.30. The molecule has 2 N–H and O–H groups in total. The molecular formula is C48H62O4. The highest BCUT2D eigenvalue weighted by Crippen LogP contribution is 2.44. The Morgan fingerprint density at radius 2 is 0.519 bits per heavy atom. The lowest BCUT2D eigenvalue weighted by atomic mass is 9.79. The zero-order valence-corrected chi connectivity index (χ0v) is 33.3. The monoisotopic (exact) mass is 702 g/mol. The highest BCUT2D eigenvalue weighted by molar-refractivity contribution is 6.17. The Balaban J connectivity index is 2.12.